The molecule has 0 radical (unpaired) electrons. The van der Waals surface area contributed by atoms with Crippen molar-refractivity contribution in [3.05, 3.63) is 24.4 Å². The van der Waals surface area contributed by atoms with E-state index in [1.807, 2.05) is 0 Å². The number of halogens is 2. The smallest absolute Gasteiger partial charge is 0.246 e. The van der Waals surface area contributed by atoms with Gasteiger partial charge in [0.25, 0.3) is 0 Å². The van der Waals surface area contributed by atoms with E-state index in [1.54, 1.807) is 18.5 Å². The van der Waals surface area contributed by atoms with Crippen molar-refractivity contribution in [3.8, 4) is 11.6 Å². The molecule has 2 aromatic heterocycles. The second-order valence-electron chi connectivity index (χ2n) is 6.69. The van der Waals surface area contributed by atoms with Crippen molar-refractivity contribution in [1.29, 1.82) is 0 Å². The van der Waals surface area contributed by atoms with Gasteiger partial charge in [-0.3, -0.25) is 4.79 Å². The molecule has 1 amide bonds. The van der Waals surface area contributed by atoms with Gasteiger partial charge in [0.2, 0.25) is 23.4 Å². The van der Waals surface area contributed by atoms with E-state index in [0.717, 1.165) is 38.9 Å². The Hall–Kier alpha value is -1.81. The molecule has 1 atom stereocenters. The highest BCUT2D eigenvalue weighted by molar-refractivity contribution is 5.85. The number of piperidine rings is 1. The molecule has 11 heteroatoms. The topological polar surface area (TPSA) is 118 Å². The molecule has 2 aliphatic rings. The van der Waals surface area contributed by atoms with Crippen LogP contribution in [-0.4, -0.2) is 51.7 Å². The lowest BCUT2D eigenvalue weighted by Gasteiger charge is -2.33. The van der Waals surface area contributed by atoms with Gasteiger partial charge in [-0.1, -0.05) is 5.16 Å². The van der Waals surface area contributed by atoms with Gasteiger partial charge in [-0.25, -0.2) is 9.97 Å². The Kier molecular flexibility index (Phi) is 7.49. The zero-order chi connectivity index (χ0) is 17.1. The fourth-order valence-electron chi connectivity index (χ4n) is 3.56. The molecule has 0 aliphatic carbocycles. The van der Waals surface area contributed by atoms with Crippen LogP contribution in [0.5, 0.6) is 0 Å². The highest BCUT2D eigenvalue weighted by Gasteiger charge is 2.42. The van der Waals surface area contributed by atoms with Crippen LogP contribution in [-0.2, 0) is 11.3 Å². The average Bonchev–Trinajstić information content (AvgIpc) is 3.29. The van der Waals surface area contributed by atoms with E-state index in [1.165, 1.54) is 0 Å². The maximum absolute atomic E-state index is 12.4. The number of rotatable bonds is 4. The molecule has 3 N–H and O–H groups in total. The summed E-state index contributed by atoms with van der Waals surface area (Å²) in [7, 11) is 0. The number of carbonyl (C=O) groups is 1. The Morgan fingerprint density at radius 1 is 1.22 bits per heavy atom. The van der Waals surface area contributed by atoms with Crippen LogP contribution in [0.25, 0.3) is 11.6 Å². The number of amides is 1. The van der Waals surface area contributed by atoms with Gasteiger partial charge >= 0.3 is 0 Å². The molecule has 4 heterocycles. The van der Waals surface area contributed by atoms with Crippen molar-refractivity contribution in [3.63, 3.8) is 0 Å². The summed E-state index contributed by atoms with van der Waals surface area (Å²) in [5.74, 6) is 1.03. The minimum atomic E-state index is -0.155. The van der Waals surface area contributed by atoms with Gasteiger partial charge in [0.1, 0.15) is 0 Å². The van der Waals surface area contributed by atoms with E-state index in [4.69, 9.17) is 4.52 Å². The average molecular weight is 416 g/mol. The molecule has 9 nitrogen and oxygen atoms in total. The summed E-state index contributed by atoms with van der Waals surface area (Å²) in [6.45, 7) is 3.17. The van der Waals surface area contributed by atoms with E-state index >= 15 is 0 Å². The van der Waals surface area contributed by atoms with Crippen molar-refractivity contribution in [2.45, 2.75) is 31.8 Å². The normalized spacial score (nSPS) is 20.5. The van der Waals surface area contributed by atoms with Crippen LogP contribution in [0.4, 0.5) is 0 Å². The molecule has 0 saturated carbocycles. The van der Waals surface area contributed by atoms with E-state index in [-0.39, 0.29) is 48.7 Å². The van der Waals surface area contributed by atoms with Crippen molar-refractivity contribution >= 4 is 30.7 Å². The second kappa shape index (κ2) is 9.41. The number of aromatic nitrogens is 4. The van der Waals surface area contributed by atoms with Crippen LogP contribution >= 0.6 is 24.8 Å². The van der Waals surface area contributed by atoms with Crippen molar-refractivity contribution in [2.24, 2.45) is 5.41 Å². The molecule has 0 aromatic carbocycles. The van der Waals surface area contributed by atoms with Crippen molar-refractivity contribution in [2.75, 3.05) is 19.6 Å². The zero-order valence-corrected chi connectivity index (χ0v) is 16.3. The number of hydrogen-bond donors (Lipinski definition) is 3. The largest absolute Gasteiger partial charge is 0.346 e. The molecule has 2 saturated heterocycles. The molecule has 4 rings (SSSR count). The Morgan fingerprint density at radius 2 is 1.96 bits per heavy atom. The summed E-state index contributed by atoms with van der Waals surface area (Å²) in [6, 6.07) is 1.56. The molecule has 0 bridgehead atoms. The van der Waals surface area contributed by atoms with E-state index in [0.29, 0.717) is 17.5 Å². The molecule has 27 heavy (non-hydrogen) atoms. The van der Waals surface area contributed by atoms with Gasteiger partial charge in [0, 0.05) is 18.9 Å². The van der Waals surface area contributed by atoms with Crippen LogP contribution in [0.2, 0.25) is 0 Å². The lowest BCUT2D eigenvalue weighted by Crippen LogP contribution is -2.40. The van der Waals surface area contributed by atoms with Crippen LogP contribution in [0.1, 0.15) is 25.2 Å². The van der Waals surface area contributed by atoms with Gasteiger partial charge in [-0.2, -0.15) is 4.98 Å². The van der Waals surface area contributed by atoms with Crippen LogP contribution < -0.4 is 16.0 Å². The maximum Gasteiger partial charge on any atom is 0.246 e. The van der Waals surface area contributed by atoms with Gasteiger partial charge in [-0.05, 0) is 43.8 Å². The zero-order valence-electron chi connectivity index (χ0n) is 14.7. The van der Waals surface area contributed by atoms with E-state index in [9.17, 15) is 4.79 Å². The van der Waals surface area contributed by atoms with Gasteiger partial charge in [0.15, 0.2) is 0 Å². The predicted octanol–water partition coefficient (Wildman–Crippen LogP) is 0.718. The van der Waals surface area contributed by atoms with Crippen LogP contribution in [0, 0.1) is 5.41 Å². The summed E-state index contributed by atoms with van der Waals surface area (Å²) in [6.07, 6.45) is 6.35. The summed E-state index contributed by atoms with van der Waals surface area (Å²) in [4.78, 5) is 24.8. The van der Waals surface area contributed by atoms with Crippen LogP contribution in [0.3, 0.4) is 0 Å². The minimum absolute atomic E-state index is 0. The molecule has 1 unspecified atom stereocenters. The Bertz CT molecular complexity index is 737. The third kappa shape index (κ3) is 4.92. The first-order valence-electron chi connectivity index (χ1n) is 8.56. The summed E-state index contributed by atoms with van der Waals surface area (Å²) >= 11 is 0. The first-order chi connectivity index (χ1) is 12.2. The molecule has 148 valence electrons. The first-order valence-corrected chi connectivity index (χ1v) is 8.56. The number of nitrogens with one attached hydrogen (secondary N) is 3. The standard InChI is InChI=1S/C16H21N7O2.2ClH/c24-15(11-8-16(10-21-11)2-6-17-7-3-16)20-9-12-22-14(23-25-12)13-18-4-1-5-19-13;;/h1,4-5,11,17,21H,2-3,6-10H2,(H,20,24);2*1H. The number of nitrogens with zero attached hydrogens (tertiary/aromatic N) is 4. The monoisotopic (exact) mass is 415 g/mol. The fourth-order valence-corrected chi connectivity index (χ4v) is 3.56. The highest BCUT2D eigenvalue weighted by atomic mass is 35.5. The van der Waals surface area contributed by atoms with Gasteiger partial charge in [0.05, 0.1) is 12.6 Å². The molecule has 2 aliphatic heterocycles. The molecule has 2 aromatic rings. The highest BCUT2D eigenvalue weighted by Crippen LogP contribution is 2.37. The lowest BCUT2D eigenvalue weighted by atomic mass is 9.77. The number of hydrogen-bond acceptors (Lipinski definition) is 8. The van der Waals surface area contributed by atoms with Crippen LogP contribution in [0.15, 0.2) is 23.0 Å². The van der Waals surface area contributed by atoms with Crippen molar-refractivity contribution in [1.82, 2.24) is 36.1 Å². The maximum atomic E-state index is 12.4. The van der Waals surface area contributed by atoms with Crippen molar-refractivity contribution < 1.29 is 9.32 Å². The number of carbonyl (C=O) groups excluding carboxylic acids is 1. The van der Waals surface area contributed by atoms with Gasteiger partial charge < -0.3 is 20.5 Å². The molecule has 1 spiro atoms. The first kappa shape index (κ1) is 21.5. The SMILES string of the molecule is Cl.Cl.O=C(NCc1nc(-c2ncccn2)no1)C1CC2(CCNCC2)CN1. The summed E-state index contributed by atoms with van der Waals surface area (Å²) in [5.41, 5.74) is 0.259. The fraction of sp³-hybridized carbons (Fsp3) is 0.562. The lowest BCUT2D eigenvalue weighted by molar-refractivity contribution is -0.123. The molecular formula is C16H23Cl2N7O2. The van der Waals surface area contributed by atoms with E-state index in [2.05, 4.69) is 36.1 Å². The Labute approximate surface area is 169 Å². The Balaban J connectivity index is 0.00000131. The summed E-state index contributed by atoms with van der Waals surface area (Å²) in [5, 5.41) is 13.5. The quantitative estimate of drug-likeness (QED) is 0.668. The molecular weight excluding hydrogens is 393 g/mol. The van der Waals surface area contributed by atoms with E-state index < -0.39 is 0 Å². The predicted molar refractivity (Wildman–Crippen MR) is 103 cm³/mol. The Morgan fingerprint density at radius 3 is 2.70 bits per heavy atom. The van der Waals surface area contributed by atoms with Gasteiger partial charge in [-0.15, -0.1) is 24.8 Å². The summed E-state index contributed by atoms with van der Waals surface area (Å²) < 4.78 is 5.16. The molecule has 2 fully saturated rings. The third-order valence-electron chi connectivity index (χ3n) is 4.99. The second-order valence-corrected chi connectivity index (χ2v) is 6.69. The minimum Gasteiger partial charge on any atom is -0.346 e. The third-order valence-corrected chi connectivity index (χ3v) is 4.99.